The molecule has 0 aromatic heterocycles. The van der Waals surface area contributed by atoms with Crippen LogP contribution in [0.25, 0.3) is 0 Å². The highest BCUT2D eigenvalue weighted by Gasteiger charge is 2.68. The monoisotopic (exact) mass is 363 g/mol. The van der Waals surface area contributed by atoms with Gasteiger partial charge in [-0.1, -0.05) is 0 Å². The number of likely N-dealkylation sites (N-methyl/N-ethyl adjacent to an activating group) is 2. The zero-order chi connectivity index (χ0) is 18.6. The molecule has 0 aromatic carbocycles. The van der Waals surface area contributed by atoms with E-state index in [4.69, 9.17) is 19.9 Å². The van der Waals surface area contributed by atoms with Crippen LogP contribution < -0.4 is 16.4 Å². The van der Waals surface area contributed by atoms with Crippen LogP contribution in [0.1, 0.15) is 13.3 Å². The number of hydrogen-bond acceptors (Lipinski definition) is 10. The second-order valence-corrected chi connectivity index (χ2v) is 7.21. The SMILES string of the molecule is CN[C@@H]1[C@H](O)[C@H](NC)[C@H]2O[C@]3(O)[C@H](O[C@@H]2[C@H]1O)O[C@H](C)CC3(O)CN. The van der Waals surface area contributed by atoms with E-state index in [-0.39, 0.29) is 13.0 Å². The van der Waals surface area contributed by atoms with Crippen molar-refractivity contribution >= 4 is 0 Å². The van der Waals surface area contributed by atoms with Crippen molar-refractivity contribution in [1.29, 1.82) is 0 Å². The van der Waals surface area contributed by atoms with E-state index in [9.17, 15) is 20.4 Å². The van der Waals surface area contributed by atoms with Gasteiger partial charge in [-0.15, -0.1) is 0 Å². The van der Waals surface area contributed by atoms with Gasteiger partial charge in [-0.05, 0) is 21.0 Å². The van der Waals surface area contributed by atoms with Gasteiger partial charge in [0.2, 0.25) is 12.1 Å². The highest BCUT2D eigenvalue weighted by molar-refractivity contribution is 5.12. The molecule has 3 rings (SSSR count). The number of nitrogens with one attached hydrogen (secondary N) is 2. The largest absolute Gasteiger partial charge is 0.390 e. The molecule has 10 heteroatoms. The summed E-state index contributed by atoms with van der Waals surface area (Å²) < 4.78 is 17.3. The number of nitrogens with two attached hydrogens (primary N) is 1. The van der Waals surface area contributed by atoms with Crippen LogP contribution in [0.15, 0.2) is 0 Å². The first-order chi connectivity index (χ1) is 11.7. The van der Waals surface area contributed by atoms with Crippen LogP contribution in [0.3, 0.4) is 0 Å². The molecule has 2 saturated heterocycles. The van der Waals surface area contributed by atoms with Gasteiger partial charge in [-0.2, -0.15) is 0 Å². The summed E-state index contributed by atoms with van der Waals surface area (Å²) in [5.41, 5.74) is 3.92. The third-order valence-electron chi connectivity index (χ3n) is 5.69. The molecule has 2 heterocycles. The van der Waals surface area contributed by atoms with Crippen molar-refractivity contribution in [1.82, 2.24) is 10.6 Å². The van der Waals surface area contributed by atoms with Gasteiger partial charge in [0.15, 0.2) is 0 Å². The maximum Gasteiger partial charge on any atom is 0.249 e. The number of rotatable bonds is 3. The predicted octanol–water partition coefficient (Wildman–Crippen LogP) is -3.80. The van der Waals surface area contributed by atoms with Crippen molar-refractivity contribution in [3.63, 3.8) is 0 Å². The first-order valence-electron chi connectivity index (χ1n) is 8.56. The smallest absolute Gasteiger partial charge is 0.249 e. The normalized spacial score (nSPS) is 56.2. The van der Waals surface area contributed by atoms with E-state index in [1.807, 2.05) is 0 Å². The third kappa shape index (κ3) is 2.72. The molecule has 0 bridgehead atoms. The van der Waals surface area contributed by atoms with E-state index >= 15 is 0 Å². The Morgan fingerprint density at radius 3 is 2.24 bits per heavy atom. The zero-order valence-corrected chi connectivity index (χ0v) is 14.6. The quantitative estimate of drug-likeness (QED) is 0.265. The van der Waals surface area contributed by atoms with Crippen LogP contribution in [-0.2, 0) is 14.2 Å². The maximum absolute atomic E-state index is 11.1. The Labute approximate surface area is 146 Å². The van der Waals surface area contributed by atoms with E-state index in [0.29, 0.717) is 0 Å². The first kappa shape index (κ1) is 19.4. The van der Waals surface area contributed by atoms with Gasteiger partial charge in [0, 0.05) is 13.0 Å². The lowest BCUT2D eigenvalue weighted by Gasteiger charge is -2.60. The molecule has 10 nitrogen and oxygen atoms in total. The molecule has 146 valence electrons. The molecule has 0 aromatic rings. The molecule has 3 fully saturated rings. The highest BCUT2D eigenvalue weighted by Crippen LogP contribution is 2.46. The van der Waals surface area contributed by atoms with Crippen LogP contribution in [0.4, 0.5) is 0 Å². The molecule has 0 amide bonds. The van der Waals surface area contributed by atoms with Gasteiger partial charge < -0.3 is 51.0 Å². The van der Waals surface area contributed by atoms with Gasteiger partial charge in [-0.3, -0.25) is 0 Å². The molecule has 10 atom stereocenters. The topological polar surface area (TPSA) is 159 Å². The third-order valence-corrected chi connectivity index (χ3v) is 5.69. The standard InChI is InChI=1S/C15H29N3O7/c1-6-4-14(21,5-16)15(22)13(23-6)24-12-10(20)7(17-2)9(19)8(18-3)11(12)25-15/h6-13,17-22H,4-5,16H2,1-3H3/t6-,7-,8+,9+,10+,11-,12-,13+,14?,15-/m1/s1. The fraction of sp³-hybridized carbons (Fsp3) is 1.00. The van der Waals surface area contributed by atoms with Crippen LogP contribution in [0.5, 0.6) is 0 Å². The van der Waals surface area contributed by atoms with Gasteiger partial charge in [-0.25, -0.2) is 0 Å². The molecular formula is C15H29N3O7. The molecule has 0 radical (unpaired) electrons. The summed E-state index contributed by atoms with van der Waals surface area (Å²) in [6, 6.07) is -1.32. The molecule has 3 aliphatic rings. The summed E-state index contributed by atoms with van der Waals surface area (Å²) in [7, 11) is 3.25. The molecule has 25 heavy (non-hydrogen) atoms. The van der Waals surface area contributed by atoms with Crippen molar-refractivity contribution in [2.45, 2.75) is 73.6 Å². The minimum absolute atomic E-state index is 0.0612. The zero-order valence-electron chi connectivity index (χ0n) is 14.6. The van der Waals surface area contributed by atoms with Crippen molar-refractivity contribution < 1.29 is 34.6 Å². The Morgan fingerprint density at radius 1 is 1.04 bits per heavy atom. The average Bonchev–Trinajstić information content (AvgIpc) is 2.56. The second kappa shape index (κ2) is 6.64. The number of fused-ring (bicyclic) bond motifs is 2. The summed E-state index contributed by atoms with van der Waals surface area (Å²) in [4.78, 5) is 0. The Morgan fingerprint density at radius 2 is 1.68 bits per heavy atom. The lowest BCUT2D eigenvalue weighted by atomic mass is 9.78. The Hall–Kier alpha value is -0.400. The van der Waals surface area contributed by atoms with Gasteiger partial charge in [0.05, 0.1) is 24.3 Å². The van der Waals surface area contributed by atoms with Crippen molar-refractivity contribution in [2.24, 2.45) is 5.73 Å². The fourth-order valence-corrected chi connectivity index (χ4v) is 4.26. The summed E-state index contributed by atoms with van der Waals surface area (Å²) in [6.45, 7) is 1.46. The average molecular weight is 363 g/mol. The highest BCUT2D eigenvalue weighted by atomic mass is 16.8. The van der Waals surface area contributed by atoms with Crippen LogP contribution in [-0.4, -0.2) is 101 Å². The second-order valence-electron chi connectivity index (χ2n) is 7.21. The van der Waals surface area contributed by atoms with Gasteiger partial charge in [0.25, 0.3) is 0 Å². The Kier molecular flexibility index (Phi) is 5.14. The molecule has 2 aliphatic heterocycles. The van der Waals surface area contributed by atoms with E-state index < -0.39 is 60.3 Å². The molecule has 1 unspecified atom stereocenters. The van der Waals surface area contributed by atoms with Crippen LogP contribution in [0, 0.1) is 0 Å². The predicted molar refractivity (Wildman–Crippen MR) is 85.4 cm³/mol. The van der Waals surface area contributed by atoms with Crippen LogP contribution in [0.2, 0.25) is 0 Å². The summed E-state index contributed by atoms with van der Waals surface area (Å²) >= 11 is 0. The first-order valence-corrected chi connectivity index (χ1v) is 8.56. The lowest BCUT2D eigenvalue weighted by Crippen LogP contribution is -2.81. The minimum atomic E-state index is -2.21. The summed E-state index contributed by atoms with van der Waals surface area (Å²) in [5.74, 6) is -2.21. The fourth-order valence-electron chi connectivity index (χ4n) is 4.26. The van der Waals surface area contributed by atoms with Gasteiger partial charge >= 0.3 is 0 Å². The molecular weight excluding hydrogens is 334 g/mol. The molecule has 8 N–H and O–H groups in total. The van der Waals surface area contributed by atoms with E-state index in [0.717, 1.165) is 0 Å². The lowest BCUT2D eigenvalue weighted by molar-refractivity contribution is -0.481. The number of aliphatic hydroxyl groups excluding tert-OH is 2. The van der Waals surface area contributed by atoms with E-state index in [1.54, 1.807) is 21.0 Å². The van der Waals surface area contributed by atoms with E-state index in [2.05, 4.69) is 10.6 Å². The molecule has 1 saturated carbocycles. The minimum Gasteiger partial charge on any atom is -0.390 e. The van der Waals surface area contributed by atoms with Crippen molar-refractivity contribution in [2.75, 3.05) is 20.6 Å². The number of hydrogen-bond donors (Lipinski definition) is 7. The van der Waals surface area contributed by atoms with Gasteiger partial charge in [0.1, 0.15) is 23.9 Å². The maximum atomic E-state index is 11.1. The Balaban J connectivity index is 1.97. The summed E-state index contributed by atoms with van der Waals surface area (Å²) in [5, 5.41) is 48.9. The number of ether oxygens (including phenoxy) is 3. The van der Waals surface area contributed by atoms with E-state index in [1.165, 1.54) is 0 Å². The van der Waals surface area contributed by atoms with Crippen molar-refractivity contribution in [3.8, 4) is 0 Å². The van der Waals surface area contributed by atoms with Crippen LogP contribution >= 0.6 is 0 Å². The van der Waals surface area contributed by atoms with Crippen molar-refractivity contribution in [3.05, 3.63) is 0 Å². The number of aliphatic hydroxyl groups is 4. The summed E-state index contributed by atoms with van der Waals surface area (Å²) in [6.07, 6.45) is -5.59. The molecule has 0 spiro atoms. The Bertz CT molecular complexity index is 500. The molecule has 1 aliphatic carbocycles.